The van der Waals surface area contributed by atoms with Crippen LogP contribution in [0.3, 0.4) is 0 Å². The minimum atomic E-state index is -0.466. The molecule has 0 saturated carbocycles. The topological polar surface area (TPSA) is 36.0 Å². The lowest BCUT2D eigenvalue weighted by Crippen LogP contribution is -2.44. The fourth-order valence-electron chi connectivity index (χ4n) is 5.57. The highest BCUT2D eigenvalue weighted by molar-refractivity contribution is 5.69. The van der Waals surface area contributed by atoms with Gasteiger partial charge in [-0.05, 0) is 82.5 Å². The van der Waals surface area contributed by atoms with E-state index in [9.17, 15) is 4.79 Å². The first-order valence-corrected chi connectivity index (χ1v) is 11.7. The summed E-state index contributed by atoms with van der Waals surface area (Å²) in [5, 5.41) is 0. The Morgan fingerprint density at radius 1 is 0.967 bits per heavy atom. The number of fused-ring (bicyclic) bond motifs is 1. The van der Waals surface area contributed by atoms with Gasteiger partial charge in [0.2, 0.25) is 0 Å². The van der Waals surface area contributed by atoms with Gasteiger partial charge in [0.25, 0.3) is 0 Å². The minimum Gasteiger partial charge on any atom is -0.444 e. The van der Waals surface area contributed by atoms with Crippen molar-refractivity contribution in [3.8, 4) is 0 Å². The van der Waals surface area contributed by atoms with Gasteiger partial charge in [0, 0.05) is 38.4 Å². The predicted octanol–water partition coefficient (Wildman–Crippen LogP) is 4.78. The Hall–Kier alpha value is -1.75. The zero-order chi connectivity index (χ0) is 21.5. The molecule has 166 valence electrons. The van der Waals surface area contributed by atoms with Gasteiger partial charge in [0.05, 0.1) is 6.04 Å². The van der Waals surface area contributed by atoms with Crippen LogP contribution in [0.5, 0.6) is 0 Å². The number of nitrogens with zero attached hydrogens (tertiary/aromatic N) is 3. The van der Waals surface area contributed by atoms with Crippen LogP contribution in [0, 0.1) is 17.8 Å². The average molecular weight is 414 g/mol. The number of anilines is 1. The molecule has 0 unspecified atom stereocenters. The van der Waals surface area contributed by atoms with E-state index < -0.39 is 5.60 Å². The zero-order valence-corrected chi connectivity index (χ0v) is 19.4. The van der Waals surface area contributed by atoms with Crippen molar-refractivity contribution in [1.82, 2.24) is 9.80 Å². The van der Waals surface area contributed by atoms with E-state index in [1.807, 2.05) is 25.7 Å². The molecule has 5 nitrogen and oxygen atoms in total. The molecule has 4 atom stereocenters. The fourth-order valence-corrected chi connectivity index (χ4v) is 5.57. The molecule has 3 aliphatic rings. The van der Waals surface area contributed by atoms with Crippen LogP contribution in [-0.2, 0) is 4.74 Å². The van der Waals surface area contributed by atoms with Crippen LogP contribution in [0.4, 0.5) is 10.5 Å². The van der Waals surface area contributed by atoms with Crippen LogP contribution >= 0.6 is 0 Å². The summed E-state index contributed by atoms with van der Waals surface area (Å²) < 4.78 is 5.72. The van der Waals surface area contributed by atoms with E-state index in [0.717, 1.165) is 37.8 Å². The van der Waals surface area contributed by atoms with Gasteiger partial charge in [0.15, 0.2) is 0 Å². The number of rotatable bonds is 2. The van der Waals surface area contributed by atoms with Crippen LogP contribution in [-0.4, -0.2) is 61.3 Å². The van der Waals surface area contributed by atoms with Gasteiger partial charge < -0.3 is 19.4 Å². The molecule has 3 fully saturated rings. The Balaban J connectivity index is 1.46. The first-order valence-electron chi connectivity index (χ1n) is 11.7. The SMILES string of the molecule is C[C@H]1CC[C@H](c2ccc(N3CC[C@H]4CN(C)C[C@H]4C3)cc2)N(C(=O)OC(C)(C)C)C1. The number of carbonyl (C=O) groups excluding carboxylic acids is 1. The summed E-state index contributed by atoms with van der Waals surface area (Å²) in [5.41, 5.74) is 2.08. The van der Waals surface area contributed by atoms with Crippen LogP contribution in [0.2, 0.25) is 0 Å². The van der Waals surface area contributed by atoms with Crippen LogP contribution in [0.15, 0.2) is 24.3 Å². The quantitative estimate of drug-likeness (QED) is 0.699. The molecule has 0 N–H and O–H groups in total. The van der Waals surface area contributed by atoms with Gasteiger partial charge >= 0.3 is 6.09 Å². The highest BCUT2D eigenvalue weighted by Gasteiger charge is 2.36. The Morgan fingerprint density at radius 2 is 1.67 bits per heavy atom. The second kappa shape index (κ2) is 8.41. The van der Waals surface area contributed by atoms with E-state index in [-0.39, 0.29) is 12.1 Å². The van der Waals surface area contributed by atoms with Gasteiger partial charge in [-0.15, -0.1) is 0 Å². The lowest BCUT2D eigenvalue weighted by molar-refractivity contribution is 0.00364. The molecule has 0 aliphatic carbocycles. The number of hydrogen-bond donors (Lipinski definition) is 0. The predicted molar refractivity (Wildman–Crippen MR) is 122 cm³/mol. The summed E-state index contributed by atoms with van der Waals surface area (Å²) in [6.07, 6.45) is 3.26. The molecule has 0 spiro atoms. The maximum absolute atomic E-state index is 12.9. The highest BCUT2D eigenvalue weighted by Crippen LogP contribution is 2.36. The monoisotopic (exact) mass is 413 g/mol. The summed E-state index contributed by atoms with van der Waals surface area (Å²) in [4.78, 5) is 19.9. The molecule has 1 amide bonds. The number of piperidine rings is 2. The molecule has 4 rings (SSSR count). The molecule has 1 aromatic rings. The molecule has 0 aromatic heterocycles. The Morgan fingerprint density at radius 3 is 2.37 bits per heavy atom. The molecule has 3 aliphatic heterocycles. The second-order valence-corrected chi connectivity index (χ2v) is 10.9. The Kier molecular flexibility index (Phi) is 6.02. The standard InChI is InChI=1S/C25H39N3O2/c1-18-6-11-23(28(14-18)24(29)30-25(2,3)4)19-7-9-22(10-8-19)27-13-12-20-15-26(5)16-21(20)17-27/h7-10,18,20-21,23H,6,11-17H2,1-5H3/t18-,20-,21-,23+/m0/s1. The van der Waals surface area contributed by atoms with Gasteiger partial charge in [-0.1, -0.05) is 19.1 Å². The Bertz CT molecular complexity index is 742. The van der Waals surface area contributed by atoms with Gasteiger partial charge in [-0.2, -0.15) is 0 Å². The van der Waals surface area contributed by atoms with E-state index in [4.69, 9.17) is 4.74 Å². The number of hydrogen-bond acceptors (Lipinski definition) is 4. The molecular formula is C25H39N3O2. The first-order chi connectivity index (χ1) is 14.2. The van der Waals surface area contributed by atoms with Crippen molar-refractivity contribution in [3.05, 3.63) is 29.8 Å². The molecular weight excluding hydrogens is 374 g/mol. The van der Waals surface area contributed by atoms with Crippen molar-refractivity contribution >= 4 is 11.8 Å². The summed E-state index contributed by atoms with van der Waals surface area (Å²) in [5.74, 6) is 2.18. The van der Waals surface area contributed by atoms with E-state index >= 15 is 0 Å². The Labute approximate surface area is 182 Å². The summed E-state index contributed by atoms with van der Waals surface area (Å²) in [6, 6.07) is 9.11. The van der Waals surface area contributed by atoms with Crippen LogP contribution in [0.1, 0.15) is 58.6 Å². The number of benzene rings is 1. The summed E-state index contributed by atoms with van der Waals surface area (Å²) in [6.45, 7) is 13.6. The fraction of sp³-hybridized carbons (Fsp3) is 0.720. The third-order valence-electron chi connectivity index (χ3n) is 7.07. The second-order valence-electron chi connectivity index (χ2n) is 10.9. The summed E-state index contributed by atoms with van der Waals surface area (Å²) >= 11 is 0. The number of carbonyl (C=O) groups is 1. The zero-order valence-electron chi connectivity index (χ0n) is 19.4. The minimum absolute atomic E-state index is 0.110. The van der Waals surface area contributed by atoms with Gasteiger partial charge in [-0.25, -0.2) is 4.79 Å². The molecule has 1 aromatic carbocycles. The average Bonchev–Trinajstić information content (AvgIpc) is 3.06. The maximum atomic E-state index is 12.9. The van der Waals surface area contributed by atoms with Crippen molar-refractivity contribution in [2.45, 2.75) is 58.6 Å². The molecule has 5 heteroatoms. The van der Waals surface area contributed by atoms with Crippen LogP contribution < -0.4 is 4.90 Å². The lowest BCUT2D eigenvalue weighted by Gasteiger charge is -2.40. The van der Waals surface area contributed by atoms with E-state index in [1.165, 1.54) is 37.3 Å². The van der Waals surface area contributed by atoms with Crippen molar-refractivity contribution < 1.29 is 9.53 Å². The molecule has 0 radical (unpaired) electrons. The van der Waals surface area contributed by atoms with Gasteiger partial charge in [-0.3, -0.25) is 0 Å². The van der Waals surface area contributed by atoms with Crippen molar-refractivity contribution in [2.75, 3.05) is 44.7 Å². The normalized spacial score (nSPS) is 30.3. The first kappa shape index (κ1) is 21.5. The lowest BCUT2D eigenvalue weighted by atomic mass is 9.88. The van der Waals surface area contributed by atoms with Crippen molar-refractivity contribution in [3.63, 3.8) is 0 Å². The smallest absolute Gasteiger partial charge is 0.410 e. The van der Waals surface area contributed by atoms with E-state index in [2.05, 4.69) is 48.0 Å². The highest BCUT2D eigenvalue weighted by atomic mass is 16.6. The molecule has 3 saturated heterocycles. The third kappa shape index (κ3) is 4.77. The van der Waals surface area contributed by atoms with E-state index in [0.29, 0.717) is 5.92 Å². The van der Waals surface area contributed by atoms with Crippen LogP contribution in [0.25, 0.3) is 0 Å². The summed E-state index contributed by atoms with van der Waals surface area (Å²) in [7, 11) is 2.25. The third-order valence-corrected chi connectivity index (χ3v) is 7.07. The van der Waals surface area contributed by atoms with Crippen molar-refractivity contribution in [2.24, 2.45) is 17.8 Å². The largest absolute Gasteiger partial charge is 0.444 e. The number of ether oxygens (including phenoxy) is 1. The molecule has 0 bridgehead atoms. The molecule has 30 heavy (non-hydrogen) atoms. The number of amides is 1. The van der Waals surface area contributed by atoms with E-state index in [1.54, 1.807) is 0 Å². The maximum Gasteiger partial charge on any atom is 0.410 e. The van der Waals surface area contributed by atoms with Gasteiger partial charge in [0.1, 0.15) is 5.60 Å². The molecule has 3 heterocycles. The van der Waals surface area contributed by atoms with Crippen molar-refractivity contribution in [1.29, 1.82) is 0 Å². The number of likely N-dealkylation sites (tertiary alicyclic amines) is 2.